The van der Waals surface area contributed by atoms with Crippen LogP contribution >= 0.6 is 22.9 Å². The van der Waals surface area contributed by atoms with E-state index in [1.165, 1.54) is 6.07 Å². The van der Waals surface area contributed by atoms with Gasteiger partial charge < -0.3 is 10.4 Å². The number of rotatable bonds is 5. The minimum atomic E-state index is -4.03. The molecule has 3 unspecified atom stereocenters. The Balaban J connectivity index is 1.48. The third-order valence-corrected chi connectivity index (χ3v) is 9.43. The van der Waals surface area contributed by atoms with E-state index in [-0.39, 0.29) is 10.1 Å². The molecule has 6 nitrogen and oxygen atoms in total. The molecule has 1 fully saturated rings. The third kappa shape index (κ3) is 3.34. The number of hydrogen-bond acceptors (Lipinski definition) is 5. The van der Waals surface area contributed by atoms with Gasteiger partial charge in [-0.15, -0.1) is 11.3 Å². The van der Waals surface area contributed by atoms with Gasteiger partial charge in [0.05, 0.1) is 0 Å². The number of sulfonamides is 1. The average molecular weight is 475 g/mol. The van der Waals surface area contributed by atoms with Crippen molar-refractivity contribution >= 4 is 44.6 Å². The van der Waals surface area contributed by atoms with Crippen LogP contribution in [0.25, 0.3) is 10.4 Å². The van der Waals surface area contributed by atoms with E-state index in [9.17, 15) is 18.3 Å². The maximum atomic E-state index is 13.2. The van der Waals surface area contributed by atoms with Crippen LogP contribution in [0.3, 0.4) is 0 Å². The zero-order valence-electron chi connectivity index (χ0n) is 16.2. The Bertz CT molecular complexity index is 1270. The van der Waals surface area contributed by atoms with Crippen molar-refractivity contribution in [3.8, 4) is 10.4 Å². The van der Waals surface area contributed by atoms with Gasteiger partial charge >= 0.3 is 5.97 Å². The van der Waals surface area contributed by atoms with E-state index >= 15 is 0 Å². The number of nitrogens with one attached hydrogen (secondary N) is 2. The summed E-state index contributed by atoms with van der Waals surface area (Å²) in [7, 11) is -4.03. The maximum absolute atomic E-state index is 13.2. The second-order valence-electron chi connectivity index (χ2n) is 7.79. The van der Waals surface area contributed by atoms with E-state index < -0.39 is 27.4 Å². The lowest BCUT2D eigenvalue weighted by Gasteiger charge is -2.18. The molecule has 0 saturated heterocycles. The third-order valence-electron chi connectivity index (χ3n) is 6.07. The molecule has 3 aromatic rings. The fourth-order valence-corrected chi connectivity index (χ4v) is 7.45. The van der Waals surface area contributed by atoms with Gasteiger partial charge in [0.1, 0.15) is 9.75 Å². The quantitative estimate of drug-likeness (QED) is 0.509. The monoisotopic (exact) mass is 474 g/mol. The van der Waals surface area contributed by atoms with Crippen LogP contribution in [0.4, 0.5) is 5.69 Å². The number of para-hydroxylation sites is 1. The number of carbonyl (C=O) groups is 1. The number of carboxylic acid groups (broad SMARTS) is 1. The van der Waals surface area contributed by atoms with Gasteiger partial charge in [-0.3, -0.25) is 4.79 Å². The molecule has 0 bridgehead atoms. The number of thiophene rings is 1. The first kappa shape index (κ1) is 20.5. The Morgan fingerprint density at radius 3 is 2.61 bits per heavy atom. The molecular formula is C22H19ClN2O4S2. The van der Waals surface area contributed by atoms with Crippen LogP contribution in [-0.4, -0.2) is 31.6 Å². The second-order valence-corrected chi connectivity index (χ2v) is 11.2. The van der Waals surface area contributed by atoms with E-state index in [0.29, 0.717) is 18.0 Å². The molecule has 31 heavy (non-hydrogen) atoms. The van der Waals surface area contributed by atoms with Crippen molar-refractivity contribution in [3.05, 3.63) is 71.2 Å². The summed E-state index contributed by atoms with van der Waals surface area (Å²) in [5, 5.41) is 14.0. The van der Waals surface area contributed by atoms with Crippen molar-refractivity contribution in [2.45, 2.75) is 22.1 Å². The van der Waals surface area contributed by atoms with E-state index in [1.54, 1.807) is 18.2 Å². The summed E-state index contributed by atoms with van der Waals surface area (Å²) in [6.45, 7) is 0.592. The molecule has 3 N–H and O–H groups in total. The van der Waals surface area contributed by atoms with Crippen LogP contribution in [0.15, 0.2) is 64.9 Å². The average Bonchev–Trinajstić information content (AvgIpc) is 3.14. The highest BCUT2D eigenvalue weighted by atomic mass is 35.5. The minimum Gasteiger partial charge on any atom is -0.480 e. The predicted molar refractivity (Wildman–Crippen MR) is 121 cm³/mol. The van der Waals surface area contributed by atoms with Crippen molar-refractivity contribution in [1.29, 1.82) is 0 Å². The Hall–Kier alpha value is -2.39. The Morgan fingerprint density at radius 1 is 1.13 bits per heavy atom. The van der Waals surface area contributed by atoms with Crippen LogP contribution < -0.4 is 10.0 Å². The van der Waals surface area contributed by atoms with Crippen LogP contribution in [0.5, 0.6) is 0 Å². The normalized spacial score (nSPS) is 24.4. The lowest BCUT2D eigenvalue weighted by Crippen LogP contribution is -2.46. The highest BCUT2D eigenvalue weighted by Gasteiger charge is 2.72. The van der Waals surface area contributed by atoms with E-state index in [1.807, 2.05) is 36.4 Å². The van der Waals surface area contributed by atoms with Crippen LogP contribution in [-0.2, 0) is 14.8 Å². The standard InChI is InChI=1S/C22H19ClN2O4S2/c23-14-7-5-13(6-8-14)18-9-10-19(30-18)31(28,29)25-22(21(26)27)16-11-12-24-17-4-2-1-3-15(17)20(16)22/h1-10,16,20,24-25H,11-12H2,(H,26,27). The van der Waals surface area contributed by atoms with Crippen molar-refractivity contribution in [2.24, 2.45) is 5.92 Å². The van der Waals surface area contributed by atoms with Crippen molar-refractivity contribution in [2.75, 3.05) is 11.9 Å². The summed E-state index contributed by atoms with van der Waals surface area (Å²) in [5.41, 5.74) is 1.00. The molecule has 2 heterocycles. The zero-order valence-corrected chi connectivity index (χ0v) is 18.6. The second kappa shape index (κ2) is 7.34. The number of aliphatic carboxylic acids is 1. The predicted octanol–water partition coefficient (Wildman–Crippen LogP) is 4.40. The van der Waals surface area contributed by atoms with Crippen molar-refractivity contribution < 1.29 is 18.3 Å². The lowest BCUT2D eigenvalue weighted by atomic mass is 10.0. The van der Waals surface area contributed by atoms with Gasteiger partial charge in [0.15, 0.2) is 0 Å². The zero-order chi connectivity index (χ0) is 21.8. The van der Waals surface area contributed by atoms with Gasteiger partial charge in [-0.2, -0.15) is 4.72 Å². The molecule has 9 heteroatoms. The molecule has 0 spiro atoms. The smallest absolute Gasteiger partial charge is 0.325 e. The molecule has 1 aliphatic heterocycles. The van der Waals surface area contributed by atoms with Gasteiger partial charge in [-0.05, 0) is 47.9 Å². The summed E-state index contributed by atoms with van der Waals surface area (Å²) < 4.78 is 29.1. The summed E-state index contributed by atoms with van der Waals surface area (Å²) in [6, 6.07) is 17.9. The highest BCUT2D eigenvalue weighted by molar-refractivity contribution is 7.91. The maximum Gasteiger partial charge on any atom is 0.325 e. The fourth-order valence-electron chi connectivity index (χ4n) is 4.59. The SMILES string of the molecule is O=C(O)C1(NS(=O)(=O)c2ccc(-c3ccc(Cl)cc3)s2)C2CCNc3ccccc3C21. The first-order valence-corrected chi connectivity index (χ1v) is 12.5. The molecule has 1 aromatic heterocycles. The first-order valence-electron chi connectivity index (χ1n) is 9.79. The Labute approximate surface area is 188 Å². The molecule has 2 aliphatic rings. The van der Waals surface area contributed by atoms with E-state index in [4.69, 9.17) is 11.6 Å². The van der Waals surface area contributed by atoms with Crippen molar-refractivity contribution in [1.82, 2.24) is 4.72 Å². The summed E-state index contributed by atoms with van der Waals surface area (Å²) in [4.78, 5) is 13.1. The molecule has 2 aromatic carbocycles. The Kier molecular flexibility index (Phi) is 4.86. The highest BCUT2D eigenvalue weighted by Crippen LogP contribution is 2.62. The number of fused-ring (bicyclic) bond motifs is 3. The number of halogens is 1. The van der Waals surface area contributed by atoms with Gasteiger partial charge in [-0.1, -0.05) is 41.9 Å². The number of anilines is 1. The molecule has 1 saturated carbocycles. The summed E-state index contributed by atoms with van der Waals surface area (Å²) in [6.07, 6.45) is 0.564. The topological polar surface area (TPSA) is 95.5 Å². The molecule has 3 atom stereocenters. The number of benzene rings is 2. The lowest BCUT2D eigenvalue weighted by molar-refractivity contribution is -0.140. The first-order chi connectivity index (χ1) is 14.8. The molecule has 0 radical (unpaired) electrons. The van der Waals surface area contributed by atoms with Gasteiger partial charge in [-0.25, -0.2) is 8.42 Å². The molecule has 0 amide bonds. The molecule has 1 aliphatic carbocycles. The molecule has 160 valence electrons. The van der Waals surface area contributed by atoms with Crippen LogP contribution in [0.2, 0.25) is 5.02 Å². The Morgan fingerprint density at radius 2 is 1.87 bits per heavy atom. The number of hydrogen-bond donors (Lipinski definition) is 3. The fraction of sp³-hybridized carbons (Fsp3) is 0.227. The summed E-state index contributed by atoms with van der Waals surface area (Å²) in [5.74, 6) is -1.87. The minimum absolute atomic E-state index is 0.0888. The number of carboxylic acids is 1. The van der Waals surface area contributed by atoms with Crippen LogP contribution in [0.1, 0.15) is 17.9 Å². The van der Waals surface area contributed by atoms with Crippen molar-refractivity contribution in [3.63, 3.8) is 0 Å². The van der Waals surface area contributed by atoms with Gasteiger partial charge in [0.25, 0.3) is 10.0 Å². The van der Waals surface area contributed by atoms with Gasteiger partial charge in [0, 0.05) is 34.0 Å². The van der Waals surface area contributed by atoms with E-state index in [2.05, 4.69) is 10.0 Å². The van der Waals surface area contributed by atoms with E-state index in [0.717, 1.165) is 33.0 Å². The van der Waals surface area contributed by atoms with Crippen LogP contribution in [0, 0.1) is 5.92 Å². The van der Waals surface area contributed by atoms with Gasteiger partial charge in [0.2, 0.25) is 0 Å². The molecular weight excluding hydrogens is 456 g/mol. The summed E-state index contributed by atoms with van der Waals surface area (Å²) >= 11 is 7.03. The largest absolute Gasteiger partial charge is 0.480 e. The molecule has 5 rings (SSSR count).